The Morgan fingerprint density at radius 3 is 2.44 bits per heavy atom. The number of nitrogens with zero attached hydrogens (tertiary/aromatic N) is 3. The first-order chi connectivity index (χ1) is 17.3. The molecule has 8 nitrogen and oxygen atoms in total. The zero-order valence-corrected chi connectivity index (χ0v) is 20.9. The van der Waals surface area contributed by atoms with E-state index in [0.29, 0.717) is 48.7 Å². The maximum absolute atomic E-state index is 14.1. The van der Waals surface area contributed by atoms with Crippen LogP contribution in [0.4, 0.5) is 5.69 Å². The summed E-state index contributed by atoms with van der Waals surface area (Å²) in [5, 5.41) is 11.5. The van der Waals surface area contributed by atoms with Crippen molar-refractivity contribution in [3.05, 3.63) is 77.9 Å². The molecular formula is C28H31N3O5. The van der Waals surface area contributed by atoms with Crippen LogP contribution >= 0.6 is 0 Å². The average molecular weight is 490 g/mol. The molecule has 2 heterocycles. The number of likely N-dealkylation sites (N-methyl/N-ethyl adjacent to an activating group) is 1. The lowest BCUT2D eigenvalue weighted by molar-refractivity contribution is -0.143. The smallest absolute Gasteiger partial charge is 0.296 e. The van der Waals surface area contributed by atoms with Crippen LogP contribution in [0.3, 0.4) is 0 Å². The van der Waals surface area contributed by atoms with Crippen LogP contribution in [0.5, 0.6) is 5.75 Å². The number of Topliss-reactive ketones (excluding diaryl/α,β-unsaturated/α-hetero) is 1. The van der Waals surface area contributed by atoms with Crippen LogP contribution in [-0.4, -0.2) is 72.8 Å². The van der Waals surface area contributed by atoms with Gasteiger partial charge in [0, 0.05) is 24.2 Å². The second-order valence-corrected chi connectivity index (χ2v) is 9.07. The molecule has 188 valence electrons. The highest BCUT2D eigenvalue weighted by molar-refractivity contribution is 6.50. The highest BCUT2D eigenvalue weighted by atomic mass is 16.5. The summed E-state index contributed by atoms with van der Waals surface area (Å²) in [4.78, 5) is 46.0. The number of rotatable bonds is 9. The van der Waals surface area contributed by atoms with Crippen LogP contribution < -0.4 is 9.64 Å². The lowest BCUT2D eigenvalue weighted by Gasteiger charge is -2.34. The van der Waals surface area contributed by atoms with Gasteiger partial charge in [-0.05, 0) is 64.3 Å². The van der Waals surface area contributed by atoms with Crippen molar-refractivity contribution in [2.24, 2.45) is 0 Å². The molecule has 36 heavy (non-hydrogen) atoms. The molecule has 1 fully saturated rings. The lowest BCUT2D eigenvalue weighted by Crippen LogP contribution is -2.52. The van der Waals surface area contributed by atoms with E-state index in [4.69, 9.17) is 4.74 Å². The summed E-state index contributed by atoms with van der Waals surface area (Å²) in [5.41, 5.74) is -0.468. The highest BCUT2D eigenvalue weighted by Gasteiger charge is 2.66. The Morgan fingerprint density at radius 2 is 1.81 bits per heavy atom. The average Bonchev–Trinajstić information content (AvgIpc) is 3.25. The molecule has 0 saturated carbocycles. The molecule has 1 saturated heterocycles. The fraction of sp³-hybridized carbons (Fsp3) is 0.321. The van der Waals surface area contributed by atoms with Crippen molar-refractivity contribution in [2.75, 3.05) is 45.2 Å². The Labute approximate surface area is 211 Å². The molecule has 1 spiro atoms. The number of ketones is 1. The molecule has 2 amide bonds. The molecule has 2 aromatic rings. The first-order valence-corrected chi connectivity index (χ1v) is 12.0. The van der Waals surface area contributed by atoms with Crippen molar-refractivity contribution in [3.8, 4) is 5.75 Å². The Kier molecular flexibility index (Phi) is 6.99. The van der Waals surface area contributed by atoms with Gasteiger partial charge in [-0.15, -0.1) is 0 Å². The van der Waals surface area contributed by atoms with Crippen LogP contribution in [0, 0.1) is 0 Å². The van der Waals surface area contributed by atoms with Gasteiger partial charge in [0.2, 0.25) is 0 Å². The van der Waals surface area contributed by atoms with E-state index in [1.165, 1.54) is 4.90 Å². The molecule has 2 aliphatic heterocycles. The van der Waals surface area contributed by atoms with Crippen LogP contribution in [-0.2, 0) is 19.9 Å². The van der Waals surface area contributed by atoms with Crippen molar-refractivity contribution in [2.45, 2.75) is 18.9 Å². The van der Waals surface area contributed by atoms with E-state index in [1.807, 2.05) is 32.0 Å². The number of amides is 2. The SMILES string of the molecule is C=CCOc1ccc(C(O)=C2C(=O)C(=O)N(CCCN(C)C)[C@@]23C(=O)N(CC)c2ccccc23)cc1. The number of hydrogen-bond acceptors (Lipinski definition) is 6. The minimum Gasteiger partial charge on any atom is -0.507 e. The van der Waals surface area contributed by atoms with Crippen molar-refractivity contribution in [1.82, 2.24) is 9.80 Å². The van der Waals surface area contributed by atoms with Gasteiger partial charge in [-0.3, -0.25) is 14.4 Å². The monoisotopic (exact) mass is 489 g/mol. The number of aliphatic hydroxyl groups is 1. The largest absolute Gasteiger partial charge is 0.507 e. The topological polar surface area (TPSA) is 90.4 Å². The number of para-hydroxylation sites is 1. The van der Waals surface area contributed by atoms with E-state index in [2.05, 4.69) is 6.58 Å². The van der Waals surface area contributed by atoms with Gasteiger partial charge in [0.15, 0.2) is 5.54 Å². The Balaban J connectivity index is 1.92. The van der Waals surface area contributed by atoms with Gasteiger partial charge in [-0.25, -0.2) is 0 Å². The predicted octanol–water partition coefficient (Wildman–Crippen LogP) is 3.15. The number of ether oxygens (including phenoxy) is 1. The van der Waals surface area contributed by atoms with E-state index < -0.39 is 23.1 Å². The third-order valence-electron chi connectivity index (χ3n) is 6.61. The number of fused-ring (bicyclic) bond motifs is 2. The fourth-order valence-electron chi connectivity index (χ4n) is 5.03. The number of benzene rings is 2. The molecule has 2 aromatic carbocycles. The van der Waals surface area contributed by atoms with Gasteiger partial charge in [0.1, 0.15) is 18.1 Å². The van der Waals surface area contributed by atoms with Gasteiger partial charge >= 0.3 is 0 Å². The molecule has 4 rings (SSSR count). The number of aliphatic hydroxyl groups excluding tert-OH is 1. The summed E-state index contributed by atoms with van der Waals surface area (Å²) in [6.07, 6.45) is 2.17. The summed E-state index contributed by atoms with van der Waals surface area (Å²) >= 11 is 0. The number of anilines is 1. The van der Waals surface area contributed by atoms with Crippen molar-refractivity contribution >= 4 is 29.0 Å². The second kappa shape index (κ2) is 9.99. The number of likely N-dealkylation sites (tertiary alicyclic amines) is 1. The number of carbonyl (C=O) groups excluding carboxylic acids is 3. The highest BCUT2D eigenvalue weighted by Crippen LogP contribution is 2.53. The number of hydrogen-bond donors (Lipinski definition) is 1. The molecule has 1 atom stereocenters. The van der Waals surface area contributed by atoms with Crippen LogP contribution in [0.25, 0.3) is 5.76 Å². The maximum Gasteiger partial charge on any atom is 0.296 e. The second-order valence-electron chi connectivity index (χ2n) is 9.07. The molecule has 8 heteroatoms. The van der Waals surface area contributed by atoms with Gasteiger partial charge in [-0.1, -0.05) is 30.9 Å². The number of carbonyl (C=O) groups is 3. The van der Waals surface area contributed by atoms with Gasteiger partial charge in [0.05, 0.1) is 11.3 Å². The molecular weight excluding hydrogens is 458 g/mol. The third-order valence-corrected chi connectivity index (χ3v) is 6.61. The van der Waals surface area contributed by atoms with Gasteiger partial charge in [-0.2, -0.15) is 0 Å². The zero-order valence-electron chi connectivity index (χ0n) is 20.9. The first kappa shape index (κ1) is 25.2. The quantitative estimate of drug-likeness (QED) is 0.252. The summed E-state index contributed by atoms with van der Waals surface area (Å²) in [6.45, 7) is 6.99. The molecule has 0 unspecified atom stereocenters. The summed E-state index contributed by atoms with van der Waals surface area (Å²) < 4.78 is 5.51. The van der Waals surface area contributed by atoms with Gasteiger partial charge < -0.3 is 24.5 Å². The minimum atomic E-state index is -1.73. The summed E-state index contributed by atoms with van der Waals surface area (Å²) in [5.74, 6) is -1.90. The summed E-state index contributed by atoms with van der Waals surface area (Å²) in [7, 11) is 3.84. The van der Waals surface area contributed by atoms with E-state index in [-0.39, 0.29) is 17.9 Å². The van der Waals surface area contributed by atoms with Gasteiger partial charge in [0.25, 0.3) is 17.6 Å². The summed E-state index contributed by atoms with van der Waals surface area (Å²) in [6, 6.07) is 13.7. The van der Waals surface area contributed by atoms with E-state index >= 15 is 0 Å². The molecule has 0 bridgehead atoms. The molecule has 2 aliphatic rings. The van der Waals surface area contributed by atoms with E-state index in [1.54, 1.807) is 53.4 Å². The molecule has 1 N–H and O–H groups in total. The maximum atomic E-state index is 14.1. The van der Waals surface area contributed by atoms with Crippen LogP contribution in [0.15, 0.2) is 66.8 Å². The molecule has 0 aliphatic carbocycles. The first-order valence-electron chi connectivity index (χ1n) is 12.0. The third kappa shape index (κ3) is 3.87. The van der Waals surface area contributed by atoms with E-state index in [9.17, 15) is 19.5 Å². The molecule has 0 aromatic heterocycles. The lowest BCUT2D eigenvalue weighted by atomic mass is 9.82. The minimum absolute atomic E-state index is 0.186. The van der Waals surface area contributed by atoms with Crippen molar-refractivity contribution in [3.63, 3.8) is 0 Å². The fourth-order valence-corrected chi connectivity index (χ4v) is 5.03. The van der Waals surface area contributed by atoms with E-state index in [0.717, 1.165) is 0 Å². The van der Waals surface area contributed by atoms with Crippen molar-refractivity contribution < 1.29 is 24.2 Å². The molecule has 0 radical (unpaired) electrons. The Hall–Kier alpha value is -3.91. The Bertz CT molecular complexity index is 1230. The van der Waals surface area contributed by atoms with Crippen LogP contribution in [0.1, 0.15) is 24.5 Å². The zero-order chi connectivity index (χ0) is 26.0. The predicted molar refractivity (Wildman–Crippen MR) is 138 cm³/mol. The van der Waals surface area contributed by atoms with Crippen molar-refractivity contribution in [1.29, 1.82) is 0 Å². The Morgan fingerprint density at radius 1 is 1.11 bits per heavy atom. The van der Waals surface area contributed by atoms with Crippen LogP contribution in [0.2, 0.25) is 0 Å². The standard InChI is InChI=1S/C28H31N3O5/c1-5-18-36-20-14-12-19(13-15-20)24(32)23-25(33)26(34)31(17-9-16-29(3)4)28(23)21-10-7-8-11-22(21)30(6-2)27(28)35/h5,7-8,10-15,32H,1,6,9,16-18H2,2-4H3/t28-/m1/s1. The normalized spacial score (nSPS) is 20.5.